The fraction of sp³-hybridized carbons (Fsp3) is 0.273. The monoisotopic (exact) mass is 464 g/mol. The molecule has 9 heteroatoms. The summed E-state index contributed by atoms with van der Waals surface area (Å²) in [5.74, 6) is -0.797. The minimum absolute atomic E-state index is 0.0118. The summed E-state index contributed by atoms with van der Waals surface area (Å²) < 4.78 is 24.3. The van der Waals surface area contributed by atoms with E-state index in [2.05, 4.69) is 10.6 Å². The zero-order valence-corrected chi connectivity index (χ0v) is 17.8. The predicted molar refractivity (Wildman–Crippen MR) is 115 cm³/mol. The molecule has 0 spiro atoms. The molecule has 0 unspecified atom stereocenters. The van der Waals surface area contributed by atoms with Crippen LogP contribution in [0.4, 0.5) is 4.39 Å². The first kappa shape index (κ1) is 21.5. The Bertz CT molecular complexity index is 1130. The lowest BCUT2D eigenvalue weighted by molar-refractivity contribution is -0.123. The fourth-order valence-electron chi connectivity index (χ4n) is 3.61. The van der Waals surface area contributed by atoms with Crippen molar-refractivity contribution in [1.82, 2.24) is 10.6 Å². The molecule has 1 heterocycles. The van der Waals surface area contributed by atoms with Crippen LogP contribution in [0, 0.1) is 5.82 Å². The molecule has 31 heavy (non-hydrogen) atoms. The van der Waals surface area contributed by atoms with Crippen LogP contribution in [0.1, 0.15) is 29.8 Å². The van der Waals surface area contributed by atoms with E-state index in [4.69, 9.17) is 32.4 Å². The normalized spacial score (nSPS) is 18.2. The molecule has 1 fully saturated rings. The molecule has 1 aliphatic carbocycles. The molecule has 2 amide bonds. The van der Waals surface area contributed by atoms with Gasteiger partial charge in [0, 0.05) is 28.6 Å². The van der Waals surface area contributed by atoms with Crippen molar-refractivity contribution in [1.29, 1.82) is 0 Å². The van der Waals surface area contributed by atoms with Crippen molar-refractivity contribution in [2.45, 2.75) is 31.3 Å². The van der Waals surface area contributed by atoms with Gasteiger partial charge in [-0.3, -0.25) is 9.59 Å². The van der Waals surface area contributed by atoms with Gasteiger partial charge in [0.15, 0.2) is 12.4 Å². The Morgan fingerprint density at radius 1 is 1.06 bits per heavy atom. The Labute approximate surface area is 187 Å². The highest BCUT2D eigenvalue weighted by molar-refractivity contribution is 6.31. The lowest BCUT2D eigenvalue weighted by Gasteiger charge is -2.14. The first-order valence-electron chi connectivity index (χ1n) is 9.74. The highest BCUT2D eigenvalue weighted by atomic mass is 35.5. The van der Waals surface area contributed by atoms with Gasteiger partial charge in [0.05, 0.1) is 5.02 Å². The molecular formula is C22H19Cl2FN2O4. The summed E-state index contributed by atoms with van der Waals surface area (Å²) in [4.78, 5) is 24.6. The third-order valence-corrected chi connectivity index (χ3v) is 5.64. The fourth-order valence-corrected chi connectivity index (χ4v) is 3.91. The van der Waals surface area contributed by atoms with Crippen LogP contribution < -0.4 is 15.4 Å². The minimum Gasteiger partial charge on any atom is -0.484 e. The second-order valence-corrected chi connectivity index (χ2v) is 8.25. The van der Waals surface area contributed by atoms with Gasteiger partial charge in [-0.15, -0.1) is 0 Å². The number of fused-ring (bicyclic) bond motifs is 1. The van der Waals surface area contributed by atoms with Crippen LogP contribution in [0.15, 0.2) is 46.9 Å². The molecule has 0 bridgehead atoms. The molecule has 0 radical (unpaired) electrons. The molecule has 4 rings (SSSR count). The van der Waals surface area contributed by atoms with E-state index in [-0.39, 0.29) is 47.0 Å². The summed E-state index contributed by atoms with van der Waals surface area (Å²) in [6.45, 7) is -0.240. The summed E-state index contributed by atoms with van der Waals surface area (Å²) in [6.07, 6.45) is 2.05. The molecule has 3 aromatic rings. The van der Waals surface area contributed by atoms with Gasteiger partial charge in [0.25, 0.3) is 11.8 Å². The second kappa shape index (κ2) is 9.16. The maximum atomic E-state index is 13.4. The van der Waals surface area contributed by atoms with Crippen LogP contribution in [-0.2, 0) is 4.79 Å². The average molecular weight is 465 g/mol. The van der Waals surface area contributed by atoms with E-state index < -0.39 is 5.82 Å². The van der Waals surface area contributed by atoms with Crippen molar-refractivity contribution >= 4 is 46.0 Å². The van der Waals surface area contributed by atoms with Gasteiger partial charge in [-0.05, 0) is 55.7 Å². The van der Waals surface area contributed by atoms with Crippen LogP contribution in [0.5, 0.6) is 5.75 Å². The van der Waals surface area contributed by atoms with E-state index in [0.717, 1.165) is 24.3 Å². The van der Waals surface area contributed by atoms with Gasteiger partial charge in [0.2, 0.25) is 0 Å². The van der Waals surface area contributed by atoms with Gasteiger partial charge < -0.3 is 19.8 Å². The van der Waals surface area contributed by atoms with E-state index in [0.29, 0.717) is 17.0 Å². The highest BCUT2D eigenvalue weighted by Gasteiger charge is 2.28. The van der Waals surface area contributed by atoms with Crippen molar-refractivity contribution in [3.05, 3.63) is 64.1 Å². The average Bonchev–Trinajstić information content (AvgIpc) is 3.35. The molecule has 1 saturated carbocycles. The number of halogens is 3. The van der Waals surface area contributed by atoms with Gasteiger partial charge in [-0.1, -0.05) is 23.2 Å². The summed E-state index contributed by atoms with van der Waals surface area (Å²) in [5.41, 5.74) is 0.590. The van der Waals surface area contributed by atoms with Crippen molar-refractivity contribution < 1.29 is 23.1 Å². The number of ether oxygens (including phenoxy) is 1. The number of amides is 2. The van der Waals surface area contributed by atoms with Crippen molar-refractivity contribution in [2.75, 3.05) is 6.61 Å². The Morgan fingerprint density at radius 3 is 2.61 bits per heavy atom. The molecule has 2 atom stereocenters. The molecule has 1 aromatic heterocycles. The summed E-state index contributed by atoms with van der Waals surface area (Å²) in [6, 6.07) is 10.6. The van der Waals surface area contributed by atoms with Crippen LogP contribution >= 0.6 is 23.2 Å². The second-order valence-electron chi connectivity index (χ2n) is 7.41. The lowest BCUT2D eigenvalue weighted by atomic mass is 10.2. The third kappa shape index (κ3) is 5.29. The summed E-state index contributed by atoms with van der Waals surface area (Å²) in [5, 5.41) is 7.13. The van der Waals surface area contributed by atoms with E-state index in [1.165, 1.54) is 12.1 Å². The standard InChI is InChI=1S/C22H19Cl2FN2O4/c23-13-1-6-19-12(7-13)8-20(31-19)22(29)27-15-3-2-14(9-15)26-21(28)11-30-16-4-5-17(24)18(25)10-16/h1,4-8,10,14-15H,2-3,9,11H2,(H,26,28)(H,27,29)/t14-,15-/m0/s1. The lowest BCUT2D eigenvalue weighted by Crippen LogP contribution is -2.38. The highest BCUT2D eigenvalue weighted by Crippen LogP contribution is 2.25. The van der Waals surface area contributed by atoms with Crippen LogP contribution in [0.2, 0.25) is 10.0 Å². The Hall–Kier alpha value is -2.77. The molecule has 0 saturated heterocycles. The number of hydrogen-bond acceptors (Lipinski definition) is 4. The molecule has 0 aliphatic heterocycles. The molecule has 1 aliphatic rings. The van der Waals surface area contributed by atoms with E-state index in [1.807, 2.05) is 0 Å². The Morgan fingerprint density at radius 2 is 1.84 bits per heavy atom. The number of carbonyl (C=O) groups is 2. The molecule has 6 nitrogen and oxygen atoms in total. The van der Waals surface area contributed by atoms with Crippen LogP contribution in [0.3, 0.4) is 0 Å². The Kier molecular flexibility index (Phi) is 6.34. The Balaban J connectivity index is 1.25. The number of benzene rings is 2. The van der Waals surface area contributed by atoms with Crippen LogP contribution in [0.25, 0.3) is 11.0 Å². The van der Waals surface area contributed by atoms with E-state index >= 15 is 0 Å². The molecular weight excluding hydrogens is 446 g/mol. The van der Waals surface area contributed by atoms with Gasteiger partial charge >= 0.3 is 0 Å². The van der Waals surface area contributed by atoms with Crippen molar-refractivity contribution in [2.24, 2.45) is 0 Å². The minimum atomic E-state index is -0.610. The van der Waals surface area contributed by atoms with Crippen LogP contribution in [-0.4, -0.2) is 30.5 Å². The van der Waals surface area contributed by atoms with Gasteiger partial charge in [-0.2, -0.15) is 0 Å². The number of hydrogen-bond donors (Lipinski definition) is 2. The van der Waals surface area contributed by atoms with Crippen molar-refractivity contribution in [3.63, 3.8) is 0 Å². The van der Waals surface area contributed by atoms with E-state index in [9.17, 15) is 14.0 Å². The van der Waals surface area contributed by atoms with Gasteiger partial charge in [-0.25, -0.2) is 4.39 Å². The smallest absolute Gasteiger partial charge is 0.287 e. The van der Waals surface area contributed by atoms with E-state index in [1.54, 1.807) is 24.3 Å². The molecule has 162 valence electrons. The maximum absolute atomic E-state index is 13.4. The maximum Gasteiger partial charge on any atom is 0.287 e. The summed E-state index contributed by atoms with van der Waals surface area (Å²) in [7, 11) is 0. The zero-order valence-electron chi connectivity index (χ0n) is 16.3. The molecule has 2 N–H and O–H groups in total. The topological polar surface area (TPSA) is 80.6 Å². The zero-order chi connectivity index (χ0) is 22.0. The SMILES string of the molecule is O=C(COc1ccc(Cl)c(F)c1)N[C@H]1CC[C@H](NC(=O)c2cc3cc(Cl)ccc3o2)C1. The first-order valence-corrected chi connectivity index (χ1v) is 10.5. The number of carbonyl (C=O) groups excluding carboxylic acids is 2. The first-order chi connectivity index (χ1) is 14.9. The van der Waals surface area contributed by atoms with Crippen molar-refractivity contribution in [3.8, 4) is 5.75 Å². The largest absolute Gasteiger partial charge is 0.484 e. The number of furan rings is 1. The predicted octanol–water partition coefficient (Wildman–Crippen LogP) is 4.72. The van der Waals surface area contributed by atoms with Gasteiger partial charge in [0.1, 0.15) is 17.1 Å². The summed E-state index contributed by atoms with van der Waals surface area (Å²) >= 11 is 11.6. The third-order valence-electron chi connectivity index (χ3n) is 5.10. The molecule has 2 aromatic carbocycles. The quantitative estimate of drug-likeness (QED) is 0.552. The number of nitrogens with one attached hydrogen (secondary N) is 2. The number of rotatable bonds is 6.